The first-order valence-corrected chi connectivity index (χ1v) is 6.64. The van der Waals surface area contributed by atoms with Gasteiger partial charge in [-0.2, -0.15) is 0 Å². The summed E-state index contributed by atoms with van der Waals surface area (Å²) in [6, 6.07) is 1.63. The Morgan fingerprint density at radius 1 is 1.35 bits per heavy atom. The molecule has 0 bridgehead atoms. The molecule has 0 saturated heterocycles. The highest BCUT2D eigenvalue weighted by Gasteiger charge is 2.21. The normalized spacial score (nSPS) is 10.2. The second-order valence-electron chi connectivity index (χ2n) is 5.13. The summed E-state index contributed by atoms with van der Waals surface area (Å²) in [4.78, 5) is 23.2. The fraction of sp³-hybridized carbons (Fsp3) is 0.375. The maximum absolute atomic E-state index is 11.7. The molecule has 1 rings (SSSR count). The summed E-state index contributed by atoms with van der Waals surface area (Å²) in [5.74, 6) is -1.60. The number of nitrogens with two attached hydrogens (primary N) is 1. The first-order chi connectivity index (χ1) is 9.29. The van der Waals surface area contributed by atoms with Crippen LogP contribution in [0.25, 0.3) is 6.08 Å². The minimum atomic E-state index is -1.03. The van der Waals surface area contributed by atoms with Crippen molar-refractivity contribution in [2.45, 2.75) is 40.5 Å². The number of amides is 1. The van der Waals surface area contributed by atoms with E-state index in [-0.39, 0.29) is 5.56 Å². The molecule has 1 amide bonds. The van der Waals surface area contributed by atoms with E-state index < -0.39 is 11.9 Å². The van der Waals surface area contributed by atoms with Crippen LogP contribution in [0.5, 0.6) is 0 Å². The van der Waals surface area contributed by atoms with Crippen molar-refractivity contribution in [2.75, 3.05) is 0 Å². The van der Waals surface area contributed by atoms with Crippen molar-refractivity contribution in [2.24, 2.45) is 5.73 Å². The Balaban J connectivity index is 3.75. The monoisotopic (exact) mass is 275 g/mol. The number of primary amides is 1. The molecule has 0 unspecified atom stereocenters. The van der Waals surface area contributed by atoms with Gasteiger partial charge in [0.05, 0.1) is 5.56 Å². The number of carbonyl (C=O) groups excluding carboxylic acids is 1. The average Bonchev–Trinajstić information content (AvgIpc) is 2.31. The van der Waals surface area contributed by atoms with Gasteiger partial charge in [-0.25, -0.2) is 4.79 Å². The number of carboxylic acid groups (broad SMARTS) is 1. The summed E-state index contributed by atoms with van der Waals surface area (Å²) in [5.41, 5.74) is 9.02. The SMILES string of the molecule is CCCc1c(C(=O)O)cc(C=C(C)C)c(C)c1C(N)=O. The fourth-order valence-corrected chi connectivity index (χ4v) is 2.35. The first-order valence-electron chi connectivity index (χ1n) is 6.64. The molecule has 0 aliphatic carbocycles. The van der Waals surface area contributed by atoms with Crippen LogP contribution in [0.15, 0.2) is 11.6 Å². The van der Waals surface area contributed by atoms with Gasteiger partial charge in [0, 0.05) is 5.56 Å². The van der Waals surface area contributed by atoms with Gasteiger partial charge in [0.15, 0.2) is 0 Å². The number of carbonyl (C=O) groups is 2. The Morgan fingerprint density at radius 2 is 1.95 bits per heavy atom. The Hall–Kier alpha value is -2.10. The van der Waals surface area contributed by atoms with Crippen LogP contribution < -0.4 is 5.73 Å². The van der Waals surface area contributed by atoms with Crippen molar-refractivity contribution in [1.82, 2.24) is 0 Å². The summed E-state index contributed by atoms with van der Waals surface area (Å²) < 4.78 is 0. The molecule has 0 atom stereocenters. The molecule has 0 fully saturated rings. The van der Waals surface area contributed by atoms with E-state index in [0.717, 1.165) is 23.1 Å². The predicted molar refractivity (Wildman–Crippen MR) is 80.0 cm³/mol. The predicted octanol–water partition coefficient (Wildman–Crippen LogP) is 3.17. The van der Waals surface area contributed by atoms with E-state index in [1.54, 1.807) is 13.0 Å². The van der Waals surface area contributed by atoms with E-state index in [1.165, 1.54) is 0 Å². The zero-order valence-corrected chi connectivity index (χ0v) is 12.4. The number of hydrogen-bond donors (Lipinski definition) is 2. The second kappa shape index (κ2) is 6.37. The lowest BCUT2D eigenvalue weighted by molar-refractivity contribution is 0.0695. The number of benzene rings is 1. The van der Waals surface area contributed by atoms with E-state index in [0.29, 0.717) is 17.5 Å². The maximum atomic E-state index is 11.7. The Kier molecular flexibility index (Phi) is 5.08. The summed E-state index contributed by atoms with van der Waals surface area (Å²) in [7, 11) is 0. The summed E-state index contributed by atoms with van der Waals surface area (Å²) in [6.07, 6.45) is 3.14. The molecule has 0 heterocycles. The van der Waals surface area contributed by atoms with Gasteiger partial charge in [0.1, 0.15) is 0 Å². The molecule has 20 heavy (non-hydrogen) atoms. The molecule has 4 heteroatoms. The molecule has 0 saturated carbocycles. The molecule has 1 aromatic carbocycles. The van der Waals surface area contributed by atoms with Gasteiger partial charge in [0.2, 0.25) is 5.91 Å². The molecule has 1 aromatic rings. The average molecular weight is 275 g/mol. The third kappa shape index (κ3) is 3.26. The van der Waals surface area contributed by atoms with Gasteiger partial charge in [-0.1, -0.05) is 25.0 Å². The number of aromatic carboxylic acids is 1. The van der Waals surface area contributed by atoms with Gasteiger partial charge in [0.25, 0.3) is 0 Å². The topological polar surface area (TPSA) is 80.4 Å². The quantitative estimate of drug-likeness (QED) is 0.866. The Labute approximate surface area is 119 Å². The van der Waals surface area contributed by atoms with Gasteiger partial charge in [-0.05, 0) is 49.9 Å². The molecule has 0 aliphatic heterocycles. The van der Waals surface area contributed by atoms with Gasteiger partial charge in [-0.15, -0.1) is 0 Å². The van der Waals surface area contributed by atoms with Crippen LogP contribution in [0.3, 0.4) is 0 Å². The van der Waals surface area contributed by atoms with Crippen molar-refractivity contribution < 1.29 is 14.7 Å². The summed E-state index contributed by atoms with van der Waals surface area (Å²) in [5, 5.41) is 9.38. The largest absolute Gasteiger partial charge is 0.478 e. The van der Waals surface area contributed by atoms with Gasteiger partial charge < -0.3 is 10.8 Å². The van der Waals surface area contributed by atoms with E-state index in [2.05, 4.69) is 0 Å². The van der Waals surface area contributed by atoms with Crippen LogP contribution in [-0.4, -0.2) is 17.0 Å². The minimum Gasteiger partial charge on any atom is -0.478 e. The first kappa shape index (κ1) is 16.0. The molecule has 4 nitrogen and oxygen atoms in total. The highest BCUT2D eigenvalue weighted by Crippen LogP contribution is 2.26. The highest BCUT2D eigenvalue weighted by atomic mass is 16.4. The molecule has 3 N–H and O–H groups in total. The standard InChI is InChI=1S/C16H21NO3/c1-5-6-12-13(16(19)20)8-11(7-9(2)3)10(4)14(12)15(17)18/h7-8H,5-6H2,1-4H3,(H2,17,18)(H,19,20). The van der Waals surface area contributed by atoms with Crippen molar-refractivity contribution in [3.63, 3.8) is 0 Å². The number of hydrogen-bond acceptors (Lipinski definition) is 2. The lowest BCUT2D eigenvalue weighted by atomic mass is 9.89. The lowest BCUT2D eigenvalue weighted by Crippen LogP contribution is -2.19. The lowest BCUT2D eigenvalue weighted by Gasteiger charge is -2.15. The van der Waals surface area contributed by atoms with E-state index >= 15 is 0 Å². The summed E-state index contributed by atoms with van der Waals surface area (Å²) >= 11 is 0. The maximum Gasteiger partial charge on any atom is 0.336 e. The molecule has 0 aliphatic rings. The van der Waals surface area contributed by atoms with Crippen molar-refractivity contribution in [3.05, 3.63) is 39.5 Å². The Morgan fingerprint density at radius 3 is 2.35 bits per heavy atom. The second-order valence-corrected chi connectivity index (χ2v) is 5.13. The van der Waals surface area contributed by atoms with Crippen molar-refractivity contribution >= 4 is 18.0 Å². The van der Waals surface area contributed by atoms with Crippen LogP contribution >= 0.6 is 0 Å². The molecule has 0 spiro atoms. The number of carboxylic acids is 1. The van der Waals surface area contributed by atoms with Gasteiger partial charge >= 0.3 is 5.97 Å². The van der Waals surface area contributed by atoms with Crippen molar-refractivity contribution in [3.8, 4) is 0 Å². The highest BCUT2D eigenvalue weighted by molar-refractivity contribution is 6.01. The molecule has 0 radical (unpaired) electrons. The van der Waals surface area contributed by atoms with E-state index in [4.69, 9.17) is 5.73 Å². The van der Waals surface area contributed by atoms with Gasteiger partial charge in [-0.3, -0.25) is 4.79 Å². The van der Waals surface area contributed by atoms with Crippen LogP contribution in [0.4, 0.5) is 0 Å². The van der Waals surface area contributed by atoms with E-state index in [1.807, 2.05) is 26.8 Å². The molecule has 108 valence electrons. The van der Waals surface area contributed by atoms with Crippen LogP contribution in [0.1, 0.15) is 64.6 Å². The van der Waals surface area contributed by atoms with Crippen LogP contribution in [-0.2, 0) is 6.42 Å². The number of rotatable bonds is 5. The zero-order chi connectivity index (χ0) is 15.4. The fourth-order valence-electron chi connectivity index (χ4n) is 2.35. The zero-order valence-electron chi connectivity index (χ0n) is 12.4. The summed E-state index contributed by atoms with van der Waals surface area (Å²) in [6.45, 7) is 7.59. The minimum absolute atomic E-state index is 0.166. The smallest absolute Gasteiger partial charge is 0.336 e. The van der Waals surface area contributed by atoms with Crippen LogP contribution in [0, 0.1) is 6.92 Å². The number of allylic oxidation sites excluding steroid dienone is 1. The third-order valence-electron chi connectivity index (χ3n) is 3.16. The van der Waals surface area contributed by atoms with Crippen LogP contribution in [0.2, 0.25) is 0 Å². The molecule has 0 aromatic heterocycles. The molecular weight excluding hydrogens is 254 g/mol. The van der Waals surface area contributed by atoms with Crippen molar-refractivity contribution in [1.29, 1.82) is 0 Å². The van der Waals surface area contributed by atoms with E-state index in [9.17, 15) is 14.7 Å². The molecular formula is C16H21NO3. The Bertz CT molecular complexity index is 582. The third-order valence-corrected chi connectivity index (χ3v) is 3.16.